The minimum absolute atomic E-state index is 0.143. The molecule has 2 heterocycles. The van der Waals surface area contributed by atoms with Gasteiger partial charge in [-0.2, -0.15) is 9.61 Å². The Kier molecular flexibility index (Phi) is 7.17. The maximum absolute atomic E-state index is 12.7. The highest BCUT2D eigenvalue weighted by Crippen LogP contribution is 2.34. The largest absolute Gasteiger partial charge is 0.456 e. The fourth-order valence-electron chi connectivity index (χ4n) is 4.02. The van der Waals surface area contributed by atoms with Gasteiger partial charge < -0.3 is 10.1 Å². The number of hydrogen-bond acceptors (Lipinski definition) is 7. The van der Waals surface area contributed by atoms with Crippen LogP contribution in [0, 0.1) is 5.92 Å². The number of nitrogens with zero attached hydrogens (tertiary/aromatic N) is 3. The first-order valence-electron chi connectivity index (χ1n) is 11.4. The topological polar surface area (TPSA) is 103 Å². The van der Waals surface area contributed by atoms with Crippen molar-refractivity contribution in [3.05, 3.63) is 57.0 Å². The lowest BCUT2D eigenvalue weighted by molar-refractivity contribution is -0.116. The van der Waals surface area contributed by atoms with Crippen molar-refractivity contribution in [1.29, 1.82) is 0 Å². The lowest BCUT2D eigenvalue weighted by Crippen LogP contribution is -2.18. The first kappa shape index (κ1) is 23.1. The van der Waals surface area contributed by atoms with Crippen LogP contribution in [-0.4, -0.2) is 26.5 Å². The number of fused-ring (bicyclic) bond motifs is 1. The summed E-state index contributed by atoms with van der Waals surface area (Å²) >= 11 is 1.43. The number of anilines is 1. The molecule has 1 fully saturated rings. The summed E-state index contributed by atoms with van der Waals surface area (Å²) in [5.41, 5.74) is 0.736. The third-order valence-corrected chi connectivity index (χ3v) is 6.70. The Balaban J connectivity index is 1.47. The Morgan fingerprint density at radius 1 is 1.21 bits per heavy atom. The lowest BCUT2D eigenvalue weighted by Gasteiger charge is -2.18. The van der Waals surface area contributed by atoms with Gasteiger partial charge in [0, 0.05) is 18.4 Å². The number of para-hydroxylation sites is 1. The van der Waals surface area contributed by atoms with Gasteiger partial charge in [-0.3, -0.25) is 9.59 Å². The summed E-state index contributed by atoms with van der Waals surface area (Å²) in [7, 11) is 0. The molecule has 1 aliphatic rings. The number of amides is 1. The maximum atomic E-state index is 12.7. The number of carbonyl (C=O) groups excluding carboxylic acids is 2. The number of nitrogens with one attached hydrogen (secondary N) is 1. The van der Waals surface area contributed by atoms with Crippen molar-refractivity contribution in [2.75, 3.05) is 5.32 Å². The molecule has 1 aromatic carbocycles. The van der Waals surface area contributed by atoms with Crippen LogP contribution in [-0.2, 0) is 16.1 Å². The van der Waals surface area contributed by atoms with Crippen molar-refractivity contribution in [2.45, 2.75) is 64.9 Å². The van der Waals surface area contributed by atoms with E-state index >= 15 is 0 Å². The predicted octanol–water partition coefficient (Wildman–Crippen LogP) is 4.54. The highest BCUT2D eigenvalue weighted by atomic mass is 32.1. The molecule has 0 spiro atoms. The van der Waals surface area contributed by atoms with Crippen LogP contribution in [0.3, 0.4) is 0 Å². The summed E-state index contributed by atoms with van der Waals surface area (Å²) in [6.07, 6.45) is 6.15. The van der Waals surface area contributed by atoms with Gasteiger partial charge in [0.15, 0.2) is 0 Å². The van der Waals surface area contributed by atoms with Crippen molar-refractivity contribution in [3.63, 3.8) is 0 Å². The molecule has 1 amide bonds. The lowest BCUT2D eigenvalue weighted by atomic mass is 9.90. The van der Waals surface area contributed by atoms with E-state index in [2.05, 4.69) is 15.4 Å². The normalized spacial score (nSPS) is 14.5. The van der Waals surface area contributed by atoms with Crippen molar-refractivity contribution in [3.8, 4) is 0 Å². The first-order chi connectivity index (χ1) is 15.9. The molecule has 0 bridgehead atoms. The number of ether oxygens (including phenoxy) is 1. The van der Waals surface area contributed by atoms with Gasteiger partial charge in [0.05, 0.1) is 16.9 Å². The smallest absolute Gasteiger partial charge is 0.340 e. The van der Waals surface area contributed by atoms with Crippen LogP contribution in [0.15, 0.2) is 35.1 Å². The minimum Gasteiger partial charge on any atom is -0.456 e. The maximum Gasteiger partial charge on any atom is 0.340 e. The number of aromatic nitrogens is 3. The van der Waals surface area contributed by atoms with E-state index in [1.807, 2.05) is 13.8 Å². The summed E-state index contributed by atoms with van der Waals surface area (Å²) in [6, 6.07) is 8.05. The molecule has 4 rings (SSSR count). The Morgan fingerprint density at radius 2 is 1.97 bits per heavy atom. The fraction of sp³-hybridized carbons (Fsp3) is 0.458. The molecule has 0 radical (unpaired) electrons. The quantitative estimate of drug-likeness (QED) is 0.511. The molecule has 0 saturated heterocycles. The first-order valence-corrected chi connectivity index (χ1v) is 12.2. The average Bonchev–Trinajstić information content (AvgIpc) is 3.23. The van der Waals surface area contributed by atoms with Gasteiger partial charge in [-0.1, -0.05) is 56.6 Å². The van der Waals surface area contributed by atoms with E-state index in [1.54, 1.807) is 24.3 Å². The summed E-state index contributed by atoms with van der Waals surface area (Å²) in [6.45, 7) is 3.76. The molecular formula is C24H28N4O4S. The molecule has 1 N–H and O–H groups in total. The van der Waals surface area contributed by atoms with E-state index in [1.165, 1.54) is 41.2 Å². The number of benzene rings is 1. The number of esters is 1. The van der Waals surface area contributed by atoms with Gasteiger partial charge in [0.1, 0.15) is 11.6 Å². The third-order valence-electron chi connectivity index (χ3n) is 5.63. The van der Waals surface area contributed by atoms with Gasteiger partial charge in [0.25, 0.3) is 5.56 Å². The Labute approximate surface area is 196 Å². The Morgan fingerprint density at radius 3 is 2.73 bits per heavy atom. The predicted molar refractivity (Wildman–Crippen MR) is 127 cm³/mol. The van der Waals surface area contributed by atoms with Crippen LogP contribution >= 0.6 is 11.3 Å². The highest BCUT2D eigenvalue weighted by molar-refractivity contribution is 7.16. The van der Waals surface area contributed by atoms with Crippen LogP contribution in [0.4, 0.5) is 5.69 Å². The van der Waals surface area contributed by atoms with E-state index in [-0.39, 0.29) is 29.6 Å². The van der Waals surface area contributed by atoms with Gasteiger partial charge in [-0.15, -0.1) is 0 Å². The molecule has 2 aromatic heterocycles. The Bertz CT molecular complexity index is 1210. The molecule has 174 valence electrons. The SMILES string of the molecule is CC(C)CC(=O)Nc1ccccc1C(=O)OCc1cc(=O)n2nc(C3CCCCC3)sc2n1. The van der Waals surface area contributed by atoms with Crippen molar-refractivity contribution < 1.29 is 14.3 Å². The zero-order valence-corrected chi connectivity index (χ0v) is 19.7. The zero-order valence-electron chi connectivity index (χ0n) is 18.9. The highest BCUT2D eigenvalue weighted by Gasteiger charge is 2.21. The minimum atomic E-state index is -0.593. The number of rotatable bonds is 7. The molecule has 33 heavy (non-hydrogen) atoms. The molecular weight excluding hydrogens is 440 g/mol. The van der Waals surface area contributed by atoms with Gasteiger partial charge >= 0.3 is 5.97 Å². The molecule has 3 aromatic rings. The molecule has 1 saturated carbocycles. The van der Waals surface area contributed by atoms with Crippen LogP contribution in [0.2, 0.25) is 0 Å². The van der Waals surface area contributed by atoms with Crippen LogP contribution < -0.4 is 10.9 Å². The molecule has 8 nitrogen and oxygen atoms in total. The second-order valence-electron chi connectivity index (χ2n) is 8.82. The average molecular weight is 469 g/mol. The monoisotopic (exact) mass is 468 g/mol. The van der Waals surface area contributed by atoms with Crippen molar-refractivity contribution >= 4 is 33.9 Å². The summed E-state index contributed by atoms with van der Waals surface area (Å²) < 4.78 is 6.76. The molecule has 0 aliphatic heterocycles. The summed E-state index contributed by atoms with van der Waals surface area (Å²) in [4.78, 5) is 42.4. The standard InChI is InChI=1S/C24H28N4O4S/c1-15(2)12-20(29)26-19-11-7-6-10-18(19)23(31)32-14-17-13-21(30)28-24(25-17)33-22(27-28)16-8-4-3-5-9-16/h6-7,10-11,13,15-16H,3-5,8-9,12,14H2,1-2H3,(H,26,29). The molecule has 9 heteroatoms. The molecule has 0 atom stereocenters. The van der Waals surface area contributed by atoms with Crippen molar-refractivity contribution in [1.82, 2.24) is 14.6 Å². The second kappa shape index (κ2) is 10.2. The van der Waals surface area contributed by atoms with Gasteiger partial charge in [-0.05, 0) is 30.9 Å². The van der Waals surface area contributed by atoms with E-state index < -0.39 is 5.97 Å². The van der Waals surface area contributed by atoms with Gasteiger partial charge in [-0.25, -0.2) is 9.78 Å². The van der Waals surface area contributed by atoms with Crippen LogP contribution in [0.1, 0.15) is 79.3 Å². The van der Waals surface area contributed by atoms with E-state index in [9.17, 15) is 14.4 Å². The van der Waals surface area contributed by atoms with Gasteiger partial charge in [0.2, 0.25) is 10.9 Å². The van der Waals surface area contributed by atoms with Crippen LogP contribution in [0.25, 0.3) is 4.96 Å². The summed E-state index contributed by atoms with van der Waals surface area (Å²) in [5.74, 6) is -0.169. The van der Waals surface area contributed by atoms with E-state index in [0.717, 1.165) is 17.8 Å². The number of hydrogen-bond donors (Lipinski definition) is 1. The molecule has 0 unspecified atom stereocenters. The van der Waals surface area contributed by atoms with Crippen molar-refractivity contribution in [2.24, 2.45) is 5.92 Å². The van der Waals surface area contributed by atoms with E-state index in [0.29, 0.717) is 28.7 Å². The van der Waals surface area contributed by atoms with Crippen LogP contribution in [0.5, 0.6) is 0 Å². The molecule has 1 aliphatic carbocycles. The second-order valence-corrected chi connectivity index (χ2v) is 9.81. The van der Waals surface area contributed by atoms with E-state index in [4.69, 9.17) is 4.74 Å². The fourth-order valence-corrected chi connectivity index (χ4v) is 5.11. The number of carbonyl (C=O) groups is 2. The summed E-state index contributed by atoms with van der Waals surface area (Å²) in [5, 5.41) is 8.21. The zero-order chi connectivity index (χ0) is 23.4. The Hall–Kier alpha value is -3.07. The third kappa shape index (κ3) is 5.65.